The Bertz CT molecular complexity index is 739. The van der Waals surface area contributed by atoms with Crippen molar-refractivity contribution in [2.45, 2.75) is 6.10 Å². The quantitative estimate of drug-likeness (QED) is 0.770. The summed E-state index contributed by atoms with van der Waals surface area (Å²) in [7, 11) is 0. The van der Waals surface area contributed by atoms with Gasteiger partial charge in [0.05, 0.1) is 6.20 Å². The zero-order valence-electron chi connectivity index (χ0n) is 9.68. The molecule has 0 amide bonds. The lowest BCUT2D eigenvalue weighted by Gasteiger charge is -2.08. The summed E-state index contributed by atoms with van der Waals surface area (Å²) in [5, 5.41) is 10.6. The molecule has 0 aliphatic rings. The van der Waals surface area contributed by atoms with Gasteiger partial charge in [-0.25, -0.2) is 8.78 Å². The zero-order chi connectivity index (χ0) is 13.4. The second-order valence-electron chi connectivity index (χ2n) is 4.13. The summed E-state index contributed by atoms with van der Waals surface area (Å²) in [4.78, 5) is 3.61. The van der Waals surface area contributed by atoms with Crippen molar-refractivity contribution in [2.75, 3.05) is 0 Å². The Labute approximate surface area is 107 Å². The first kappa shape index (κ1) is 11.8. The molecule has 1 unspecified atom stereocenters. The Morgan fingerprint density at radius 3 is 2.79 bits per heavy atom. The number of aliphatic hydroxyl groups is 1. The molecular formula is C14H9F2NO2. The molecule has 3 aromatic rings. The fraction of sp³-hybridized carbons (Fsp3) is 0.0714. The molecule has 0 saturated carbocycles. The molecular weight excluding hydrogens is 252 g/mol. The lowest BCUT2D eigenvalue weighted by atomic mass is 10.1. The highest BCUT2D eigenvalue weighted by atomic mass is 19.1. The van der Waals surface area contributed by atoms with E-state index < -0.39 is 17.7 Å². The largest absolute Gasteiger partial charge is 0.458 e. The van der Waals surface area contributed by atoms with Gasteiger partial charge >= 0.3 is 0 Å². The lowest BCUT2D eigenvalue weighted by molar-refractivity contribution is 0.187. The Morgan fingerprint density at radius 1 is 1.16 bits per heavy atom. The van der Waals surface area contributed by atoms with Gasteiger partial charge in [-0.05, 0) is 30.3 Å². The SMILES string of the molecule is OC(c1cc2cc(F)ccc2o1)c1ccncc1F. The van der Waals surface area contributed by atoms with E-state index in [9.17, 15) is 13.9 Å². The van der Waals surface area contributed by atoms with Crippen LogP contribution in [0.1, 0.15) is 17.4 Å². The maximum atomic E-state index is 13.5. The van der Waals surface area contributed by atoms with Gasteiger partial charge in [0.2, 0.25) is 0 Å². The minimum absolute atomic E-state index is 0.0644. The highest BCUT2D eigenvalue weighted by Gasteiger charge is 2.19. The van der Waals surface area contributed by atoms with Gasteiger partial charge in [-0.15, -0.1) is 0 Å². The van der Waals surface area contributed by atoms with Crippen LogP contribution in [0.3, 0.4) is 0 Å². The van der Waals surface area contributed by atoms with Crippen molar-refractivity contribution in [1.82, 2.24) is 4.98 Å². The summed E-state index contributed by atoms with van der Waals surface area (Å²) in [6, 6.07) is 6.87. The van der Waals surface area contributed by atoms with Crippen molar-refractivity contribution >= 4 is 11.0 Å². The fourth-order valence-corrected chi connectivity index (χ4v) is 1.93. The van der Waals surface area contributed by atoms with E-state index in [1.807, 2.05) is 0 Å². The maximum Gasteiger partial charge on any atom is 0.147 e. The van der Waals surface area contributed by atoms with Gasteiger partial charge in [-0.1, -0.05) is 0 Å². The van der Waals surface area contributed by atoms with Crippen LogP contribution in [0.25, 0.3) is 11.0 Å². The summed E-state index contributed by atoms with van der Waals surface area (Å²) >= 11 is 0. The monoisotopic (exact) mass is 261 g/mol. The second kappa shape index (κ2) is 4.44. The number of hydrogen-bond donors (Lipinski definition) is 1. The van der Waals surface area contributed by atoms with E-state index in [1.54, 1.807) is 0 Å². The number of pyridine rings is 1. The normalized spacial score (nSPS) is 12.8. The van der Waals surface area contributed by atoms with Crippen LogP contribution >= 0.6 is 0 Å². The van der Waals surface area contributed by atoms with Crippen molar-refractivity contribution in [3.63, 3.8) is 0 Å². The molecule has 0 saturated heterocycles. The summed E-state index contributed by atoms with van der Waals surface area (Å²) in [6.45, 7) is 0. The van der Waals surface area contributed by atoms with Crippen molar-refractivity contribution in [1.29, 1.82) is 0 Å². The highest BCUT2D eigenvalue weighted by molar-refractivity contribution is 5.78. The summed E-state index contributed by atoms with van der Waals surface area (Å²) in [5.74, 6) is -0.864. The van der Waals surface area contributed by atoms with Crippen molar-refractivity contribution < 1.29 is 18.3 Å². The van der Waals surface area contributed by atoms with Gasteiger partial charge in [0, 0.05) is 17.1 Å². The van der Waals surface area contributed by atoms with E-state index >= 15 is 0 Å². The number of halogens is 2. The third-order valence-electron chi connectivity index (χ3n) is 2.87. The molecule has 96 valence electrons. The Hall–Kier alpha value is -2.27. The first-order valence-electron chi connectivity index (χ1n) is 5.61. The molecule has 0 aliphatic heterocycles. The van der Waals surface area contributed by atoms with Gasteiger partial charge in [0.25, 0.3) is 0 Å². The minimum atomic E-state index is -1.25. The van der Waals surface area contributed by atoms with E-state index in [-0.39, 0.29) is 11.3 Å². The number of hydrogen-bond acceptors (Lipinski definition) is 3. The Kier molecular flexibility index (Phi) is 2.76. The van der Waals surface area contributed by atoms with Gasteiger partial charge in [0.1, 0.15) is 29.1 Å². The molecule has 0 fully saturated rings. The minimum Gasteiger partial charge on any atom is -0.458 e. The second-order valence-corrected chi connectivity index (χ2v) is 4.13. The number of fused-ring (bicyclic) bond motifs is 1. The van der Waals surface area contributed by atoms with Crippen LogP contribution < -0.4 is 0 Å². The van der Waals surface area contributed by atoms with Crippen LogP contribution in [-0.4, -0.2) is 10.1 Å². The van der Waals surface area contributed by atoms with Crippen LogP contribution in [0.5, 0.6) is 0 Å². The number of nitrogens with zero attached hydrogens (tertiary/aromatic N) is 1. The molecule has 5 heteroatoms. The average molecular weight is 261 g/mol. The van der Waals surface area contributed by atoms with E-state index in [4.69, 9.17) is 4.42 Å². The molecule has 2 aromatic heterocycles. The molecule has 1 atom stereocenters. The third-order valence-corrected chi connectivity index (χ3v) is 2.87. The number of aliphatic hydroxyl groups excluding tert-OH is 1. The average Bonchev–Trinajstić information content (AvgIpc) is 2.81. The first-order chi connectivity index (χ1) is 9.15. The van der Waals surface area contributed by atoms with Crippen molar-refractivity contribution in [3.05, 3.63) is 65.7 Å². The lowest BCUT2D eigenvalue weighted by Crippen LogP contribution is -2.01. The molecule has 1 N–H and O–H groups in total. The predicted octanol–water partition coefficient (Wildman–Crippen LogP) is 3.19. The van der Waals surface area contributed by atoms with Crippen LogP contribution in [0.4, 0.5) is 8.78 Å². The van der Waals surface area contributed by atoms with Gasteiger partial charge in [0.15, 0.2) is 0 Å². The molecule has 2 heterocycles. The molecule has 0 bridgehead atoms. The van der Waals surface area contributed by atoms with E-state index in [0.29, 0.717) is 11.0 Å². The Morgan fingerprint density at radius 2 is 2.00 bits per heavy atom. The first-order valence-corrected chi connectivity index (χ1v) is 5.61. The maximum absolute atomic E-state index is 13.5. The van der Waals surface area contributed by atoms with Crippen LogP contribution in [0.2, 0.25) is 0 Å². The molecule has 0 spiro atoms. The molecule has 3 nitrogen and oxygen atoms in total. The standard InChI is InChI=1S/C14H9F2NO2/c15-9-1-2-12-8(5-9)6-13(19-12)14(18)10-3-4-17-7-11(10)16/h1-7,14,18H. The molecule has 3 rings (SSSR count). The fourth-order valence-electron chi connectivity index (χ4n) is 1.93. The molecule has 1 aromatic carbocycles. The van der Waals surface area contributed by atoms with Gasteiger partial charge in [-0.2, -0.15) is 0 Å². The van der Waals surface area contributed by atoms with Gasteiger partial charge < -0.3 is 9.52 Å². The van der Waals surface area contributed by atoms with Crippen molar-refractivity contribution in [3.8, 4) is 0 Å². The molecule has 0 aliphatic carbocycles. The molecule has 19 heavy (non-hydrogen) atoms. The number of aromatic nitrogens is 1. The predicted molar refractivity (Wildman–Crippen MR) is 64.4 cm³/mol. The zero-order valence-corrected chi connectivity index (χ0v) is 9.68. The van der Waals surface area contributed by atoms with Gasteiger partial charge in [-0.3, -0.25) is 4.98 Å². The summed E-state index contributed by atoms with van der Waals surface area (Å²) in [6.07, 6.45) is 1.14. The van der Waals surface area contributed by atoms with E-state index in [2.05, 4.69) is 4.98 Å². The summed E-state index contributed by atoms with van der Waals surface area (Å²) in [5.41, 5.74) is 0.499. The number of benzene rings is 1. The van der Waals surface area contributed by atoms with Crippen LogP contribution in [-0.2, 0) is 0 Å². The number of rotatable bonds is 2. The molecule has 0 radical (unpaired) electrons. The van der Waals surface area contributed by atoms with E-state index in [0.717, 1.165) is 6.20 Å². The Balaban J connectivity index is 2.07. The number of furan rings is 1. The van der Waals surface area contributed by atoms with E-state index in [1.165, 1.54) is 36.5 Å². The smallest absolute Gasteiger partial charge is 0.147 e. The van der Waals surface area contributed by atoms with Crippen LogP contribution in [0.15, 0.2) is 47.1 Å². The third kappa shape index (κ3) is 2.08. The van der Waals surface area contributed by atoms with Crippen molar-refractivity contribution in [2.24, 2.45) is 0 Å². The summed E-state index contributed by atoms with van der Waals surface area (Å²) < 4.78 is 32.0. The highest BCUT2D eigenvalue weighted by Crippen LogP contribution is 2.29. The topological polar surface area (TPSA) is 46.3 Å². The van der Waals surface area contributed by atoms with Crippen LogP contribution in [0, 0.1) is 11.6 Å².